The molecule has 0 saturated carbocycles. The van der Waals surface area contributed by atoms with E-state index in [1.807, 2.05) is 26.0 Å². The number of Topliss-reactive ketones (excluding diaryl/α,β-unsaturated/α-hetero) is 1. The van der Waals surface area contributed by atoms with Crippen LogP contribution in [0.25, 0.3) is 10.9 Å². The Morgan fingerprint density at radius 1 is 1.09 bits per heavy atom. The second-order valence-corrected chi connectivity index (χ2v) is 8.87. The third-order valence-electron chi connectivity index (χ3n) is 5.89. The zero-order chi connectivity index (χ0) is 24.8. The first kappa shape index (κ1) is 25.5. The first-order valence-electron chi connectivity index (χ1n) is 11.4. The summed E-state index contributed by atoms with van der Waals surface area (Å²) in [6, 6.07) is 12.1. The van der Waals surface area contributed by atoms with Gasteiger partial charge in [0, 0.05) is 34.5 Å². The lowest BCUT2D eigenvalue weighted by atomic mass is 9.98. The molecule has 1 atom stereocenters. The third-order valence-corrected chi connectivity index (χ3v) is 6.14. The molecule has 34 heavy (non-hydrogen) atoms. The topological polar surface area (TPSA) is 74.6 Å². The van der Waals surface area contributed by atoms with E-state index >= 15 is 0 Å². The summed E-state index contributed by atoms with van der Waals surface area (Å²) in [5.74, 6) is -0.561. The summed E-state index contributed by atoms with van der Waals surface area (Å²) >= 11 is 5.98. The number of carbonyl (C=O) groups excluding carboxylic acids is 3. The fourth-order valence-electron chi connectivity index (χ4n) is 3.95. The fourth-order valence-corrected chi connectivity index (χ4v) is 4.08. The quantitative estimate of drug-likeness (QED) is 0.270. The molecule has 0 N–H and O–H groups in total. The van der Waals surface area contributed by atoms with E-state index in [1.54, 1.807) is 48.9 Å². The molecule has 0 aliphatic rings. The van der Waals surface area contributed by atoms with Crippen molar-refractivity contribution < 1.29 is 23.9 Å². The van der Waals surface area contributed by atoms with E-state index in [-0.39, 0.29) is 30.5 Å². The number of fused-ring (bicyclic) bond motifs is 1. The van der Waals surface area contributed by atoms with Crippen LogP contribution in [0.1, 0.15) is 54.7 Å². The van der Waals surface area contributed by atoms with Crippen molar-refractivity contribution in [3.8, 4) is 5.75 Å². The van der Waals surface area contributed by atoms with Gasteiger partial charge in [-0.15, -0.1) is 0 Å². The van der Waals surface area contributed by atoms with Crippen molar-refractivity contribution in [2.75, 3.05) is 13.7 Å². The number of ketones is 1. The van der Waals surface area contributed by atoms with Crippen LogP contribution in [-0.2, 0) is 20.7 Å². The van der Waals surface area contributed by atoms with Gasteiger partial charge in [0.05, 0.1) is 25.2 Å². The van der Waals surface area contributed by atoms with E-state index in [1.165, 1.54) is 0 Å². The normalized spacial score (nSPS) is 11.9. The van der Waals surface area contributed by atoms with Crippen molar-refractivity contribution in [1.29, 1.82) is 0 Å². The number of rotatable bonds is 10. The summed E-state index contributed by atoms with van der Waals surface area (Å²) in [6.07, 6.45) is 1.91. The maximum atomic E-state index is 13.4. The minimum atomic E-state index is -0.525. The van der Waals surface area contributed by atoms with Gasteiger partial charge in [-0.3, -0.25) is 19.0 Å². The minimum absolute atomic E-state index is 0.0756. The highest BCUT2D eigenvalue weighted by molar-refractivity contribution is 6.30. The maximum absolute atomic E-state index is 13.4. The molecule has 0 saturated heterocycles. The molecule has 0 amide bonds. The summed E-state index contributed by atoms with van der Waals surface area (Å²) < 4.78 is 12.2. The van der Waals surface area contributed by atoms with Crippen LogP contribution in [0.3, 0.4) is 0 Å². The number of ether oxygens (including phenoxy) is 2. The van der Waals surface area contributed by atoms with Crippen LogP contribution in [-0.4, -0.2) is 35.9 Å². The second-order valence-electron chi connectivity index (χ2n) is 8.44. The predicted octanol–water partition coefficient (Wildman–Crippen LogP) is 5.78. The van der Waals surface area contributed by atoms with E-state index in [0.717, 1.165) is 23.8 Å². The number of methoxy groups -OCH3 is 1. The van der Waals surface area contributed by atoms with E-state index in [2.05, 4.69) is 0 Å². The van der Waals surface area contributed by atoms with E-state index in [0.29, 0.717) is 34.2 Å². The Kier molecular flexibility index (Phi) is 8.51. The molecule has 0 unspecified atom stereocenters. The molecule has 180 valence electrons. The van der Waals surface area contributed by atoms with Crippen molar-refractivity contribution in [2.45, 2.75) is 46.5 Å². The van der Waals surface area contributed by atoms with Crippen LogP contribution in [0.4, 0.5) is 0 Å². The standard InChI is InChI=1S/C27H30ClNO5/c1-5-6-13-34-27(32)17(2)14-21(30)15-23-18(3)29(25-12-11-22(33-4)16-24(23)25)26(31)19-7-9-20(28)10-8-19/h7-12,16-17H,5-6,13-15H2,1-4H3/t17-/m1/s1. The highest BCUT2D eigenvalue weighted by atomic mass is 35.5. The summed E-state index contributed by atoms with van der Waals surface area (Å²) in [7, 11) is 1.57. The Labute approximate surface area is 204 Å². The second kappa shape index (κ2) is 11.3. The van der Waals surface area contributed by atoms with Crippen LogP contribution in [0.5, 0.6) is 5.75 Å². The molecule has 0 radical (unpaired) electrons. The molecule has 0 aliphatic heterocycles. The Morgan fingerprint density at radius 3 is 2.44 bits per heavy atom. The van der Waals surface area contributed by atoms with Crippen LogP contribution in [0.15, 0.2) is 42.5 Å². The number of nitrogens with zero attached hydrogens (tertiary/aromatic N) is 1. The minimum Gasteiger partial charge on any atom is -0.497 e. The van der Waals surface area contributed by atoms with Crippen molar-refractivity contribution in [1.82, 2.24) is 4.57 Å². The van der Waals surface area contributed by atoms with Crippen LogP contribution < -0.4 is 4.74 Å². The lowest BCUT2D eigenvalue weighted by Crippen LogP contribution is -2.20. The molecule has 3 rings (SSSR count). The van der Waals surface area contributed by atoms with Gasteiger partial charge in [0.15, 0.2) is 0 Å². The van der Waals surface area contributed by atoms with E-state index < -0.39 is 5.92 Å². The Bertz CT molecular complexity index is 1200. The molecule has 2 aromatic carbocycles. The van der Waals surface area contributed by atoms with E-state index in [4.69, 9.17) is 21.1 Å². The number of unbranched alkanes of at least 4 members (excludes halogenated alkanes) is 1. The predicted molar refractivity (Wildman–Crippen MR) is 133 cm³/mol. The Balaban J connectivity index is 1.91. The van der Waals surface area contributed by atoms with Crippen molar-refractivity contribution in [3.05, 3.63) is 64.3 Å². The number of hydrogen-bond donors (Lipinski definition) is 0. The van der Waals surface area contributed by atoms with Gasteiger partial charge in [-0.05, 0) is 61.4 Å². The molecular weight excluding hydrogens is 454 g/mol. The van der Waals surface area contributed by atoms with Gasteiger partial charge in [0.25, 0.3) is 5.91 Å². The summed E-state index contributed by atoms with van der Waals surface area (Å²) in [5, 5.41) is 1.31. The maximum Gasteiger partial charge on any atom is 0.309 e. The van der Waals surface area contributed by atoms with Crippen LogP contribution in [0.2, 0.25) is 5.02 Å². The number of esters is 1. The molecule has 3 aromatic rings. The number of carbonyl (C=O) groups is 3. The number of aromatic nitrogens is 1. The fraction of sp³-hybridized carbons (Fsp3) is 0.370. The van der Waals surface area contributed by atoms with Crippen LogP contribution in [0, 0.1) is 12.8 Å². The zero-order valence-corrected chi connectivity index (χ0v) is 20.8. The summed E-state index contributed by atoms with van der Waals surface area (Å²) in [6.45, 7) is 5.92. The molecule has 6 nitrogen and oxygen atoms in total. The molecular formula is C27H30ClNO5. The van der Waals surface area contributed by atoms with Crippen molar-refractivity contribution >= 4 is 40.2 Å². The molecule has 0 spiro atoms. The summed E-state index contributed by atoms with van der Waals surface area (Å²) in [4.78, 5) is 38.5. The number of benzene rings is 2. The molecule has 0 fully saturated rings. The van der Waals surface area contributed by atoms with Gasteiger partial charge in [-0.2, -0.15) is 0 Å². The molecule has 0 bridgehead atoms. The average molecular weight is 484 g/mol. The summed E-state index contributed by atoms with van der Waals surface area (Å²) in [5.41, 5.74) is 2.59. The number of halogens is 1. The van der Waals surface area contributed by atoms with Crippen molar-refractivity contribution in [3.63, 3.8) is 0 Å². The lowest BCUT2D eigenvalue weighted by molar-refractivity contribution is -0.149. The molecule has 1 heterocycles. The first-order chi connectivity index (χ1) is 16.3. The molecule has 1 aromatic heterocycles. The van der Waals surface area contributed by atoms with Gasteiger partial charge in [0.1, 0.15) is 11.5 Å². The first-order valence-corrected chi connectivity index (χ1v) is 11.8. The van der Waals surface area contributed by atoms with Gasteiger partial charge in [-0.25, -0.2) is 0 Å². The average Bonchev–Trinajstić information content (AvgIpc) is 3.09. The highest BCUT2D eigenvalue weighted by Crippen LogP contribution is 2.31. The third kappa shape index (κ3) is 5.68. The largest absolute Gasteiger partial charge is 0.497 e. The highest BCUT2D eigenvalue weighted by Gasteiger charge is 2.24. The Hall–Kier alpha value is -3.12. The van der Waals surface area contributed by atoms with Gasteiger partial charge < -0.3 is 9.47 Å². The molecule has 7 heteroatoms. The van der Waals surface area contributed by atoms with Gasteiger partial charge >= 0.3 is 5.97 Å². The van der Waals surface area contributed by atoms with Gasteiger partial charge in [0.2, 0.25) is 0 Å². The van der Waals surface area contributed by atoms with E-state index in [9.17, 15) is 14.4 Å². The SMILES string of the molecule is CCCCOC(=O)[C@H](C)CC(=O)Cc1c(C)n(C(=O)c2ccc(Cl)cc2)c2ccc(OC)cc12. The van der Waals surface area contributed by atoms with Crippen molar-refractivity contribution in [2.24, 2.45) is 5.92 Å². The molecule has 0 aliphatic carbocycles. The lowest BCUT2D eigenvalue weighted by Gasteiger charge is -2.11. The van der Waals surface area contributed by atoms with Gasteiger partial charge in [-0.1, -0.05) is 31.9 Å². The number of hydrogen-bond acceptors (Lipinski definition) is 5. The smallest absolute Gasteiger partial charge is 0.309 e. The Morgan fingerprint density at radius 2 is 1.79 bits per heavy atom. The monoisotopic (exact) mass is 483 g/mol. The zero-order valence-electron chi connectivity index (χ0n) is 20.0. The van der Waals surface area contributed by atoms with Crippen LogP contribution >= 0.6 is 11.6 Å².